The molecular weight excluding hydrogens is 517 g/mol. The molecule has 3 rings (SSSR count). The number of rotatable bonds is 5. The van der Waals surface area contributed by atoms with E-state index in [1.165, 1.54) is 12.1 Å². The Labute approximate surface area is 198 Å². The summed E-state index contributed by atoms with van der Waals surface area (Å²) in [6.45, 7) is -0.415. The molecule has 1 aromatic carbocycles. The maximum Gasteiger partial charge on any atom is 0.434 e. The van der Waals surface area contributed by atoms with Crippen molar-refractivity contribution in [3.8, 4) is 0 Å². The van der Waals surface area contributed by atoms with E-state index in [0.717, 1.165) is 18.2 Å². The van der Waals surface area contributed by atoms with Gasteiger partial charge in [0.05, 0.1) is 22.5 Å². The quantitative estimate of drug-likeness (QED) is 0.398. The third-order valence-corrected chi connectivity index (χ3v) is 6.79. The van der Waals surface area contributed by atoms with Crippen molar-refractivity contribution in [2.75, 3.05) is 12.4 Å². The van der Waals surface area contributed by atoms with Gasteiger partial charge in [-0.15, -0.1) is 11.3 Å². The summed E-state index contributed by atoms with van der Waals surface area (Å²) in [5, 5.41) is 4.87. The minimum atomic E-state index is -4.70. The first-order valence-electron chi connectivity index (χ1n) is 8.87. The van der Waals surface area contributed by atoms with Crippen molar-refractivity contribution in [2.45, 2.75) is 31.2 Å². The first-order chi connectivity index (χ1) is 15.0. The predicted octanol–water partition coefficient (Wildman–Crippen LogP) is 4.09. The van der Waals surface area contributed by atoms with Gasteiger partial charge in [0.15, 0.2) is 10.2 Å². The number of likely N-dealkylation sites (N-methyl/N-ethyl adjacent to an activating group) is 1. The highest BCUT2D eigenvalue weighted by Gasteiger charge is 2.38. The lowest BCUT2D eigenvalue weighted by molar-refractivity contribution is -0.141. The van der Waals surface area contributed by atoms with Gasteiger partial charge in [0, 0.05) is 17.8 Å². The van der Waals surface area contributed by atoms with Gasteiger partial charge in [-0.1, -0.05) is 23.2 Å². The highest BCUT2D eigenvalue weighted by Crippen LogP contribution is 2.36. The predicted molar refractivity (Wildman–Crippen MR) is 115 cm³/mol. The molecule has 0 bridgehead atoms. The summed E-state index contributed by atoms with van der Waals surface area (Å²) in [5.41, 5.74) is -0.866. The standard InChI is InChI=1S/C17H15Cl2F4N5O2S2/c1-28-11(15(30)25-7-2-3-9(20)8(18)4-7)5-10(27-32-28)14(29)24-6-12-13(17(21,22)23)26-16(19)31-12/h2-4,10-11,27H,5-6H2,1H3,(H,24,29)(H,25,30). The van der Waals surface area contributed by atoms with E-state index in [9.17, 15) is 27.2 Å². The van der Waals surface area contributed by atoms with E-state index in [4.69, 9.17) is 23.2 Å². The number of carbonyl (C=O) groups excluding carboxylic acids is 2. The van der Waals surface area contributed by atoms with E-state index in [2.05, 4.69) is 20.3 Å². The lowest BCUT2D eigenvalue weighted by atomic mass is 10.1. The largest absolute Gasteiger partial charge is 0.434 e. The van der Waals surface area contributed by atoms with Gasteiger partial charge in [0.2, 0.25) is 11.8 Å². The van der Waals surface area contributed by atoms with Crippen molar-refractivity contribution < 1.29 is 27.2 Å². The second kappa shape index (κ2) is 10.1. The highest BCUT2D eigenvalue weighted by molar-refractivity contribution is 7.95. The fourth-order valence-electron chi connectivity index (χ4n) is 2.82. The number of amides is 2. The van der Waals surface area contributed by atoms with Crippen molar-refractivity contribution in [1.82, 2.24) is 19.3 Å². The van der Waals surface area contributed by atoms with Crippen LogP contribution in [0.25, 0.3) is 0 Å². The number of alkyl halides is 3. The molecule has 0 spiro atoms. The highest BCUT2D eigenvalue weighted by atomic mass is 35.5. The fraction of sp³-hybridized carbons (Fsp3) is 0.353. The van der Waals surface area contributed by atoms with Crippen molar-refractivity contribution in [1.29, 1.82) is 0 Å². The number of hydrogen-bond donors (Lipinski definition) is 3. The normalized spacial score (nSPS) is 19.6. The first kappa shape index (κ1) is 25.0. The van der Waals surface area contributed by atoms with Gasteiger partial charge in [-0.05, 0) is 31.7 Å². The molecule has 174 valence electrons. The summed E-state index contributed by atoms with van der Waals surface area (Å²) in [5.74, 6) is -1.69. The molecule has 32 heavy (non-hydrogen) atoms. The van der Waals surface area contributed by atoms with Gasteiger partial charge in [-0.2, -0.15) is 13.2 Å². The second-order valence-electron chi connectivity index (χ2n) is 6.63. The molecule has 15 heteroatoms. The number of aromatic nitrogens is 1. The van der Waals surface area contributed by atoms with Crippen LogP contribution in [0.2, 0.25) is 9.49 Å². The number of nitrogens with zero attached hydrogens (tertiary/aromatic N) is 2. The van der Waals surface area contributed by atoms with Crippen molar-refractivity contribution in [3.63, 3.8) is 0 Å². The van der Waals surface area contributed by atoms with E-state index in [-0.39, 0.29) is 26.5 Å². The molecule has 7 nitrogen and oxygen atoms in total. The van der Waals surface area contributed by atoms with Gasteiger partial charge in [0.25, 0.3) is 0 Å². The summed E-state index contributed by atoms with van der Waals surface area (Å²) >= 11 is 12.9. The average molecular weight is 532 g/mol. The van der Waals surface area contributed by atoms with Crippen LogP contribution in [0.5, 0.6) is 0 Å². The topological polar surface area (TPSA) is 86.4 Å². The molecule has 1 aliphatic rings. The number of benzene rings is 1. The van der Waals surface area contributed by atoms with Crippen molar-refractivity contribution in [3.05, 3.63) is 44.1 Å². The Bertz CT molecular complexity index is 1020. The van der Waals surface area contributed by atoms with Gasteiger partial charge in [0.1, 0.15) is 11.9 Å². The lowest BCUT2D eigenvalue weighted by Gasteiger charge is -2.34. The van der Waals surface area contributed by atoms with E-state index in [1.807, 2.05) is 0 Å². The molecule has 1 aromatic heterocycles. The lowest BCUT2D eigenvalue weighted by Crippen LogP contribution is -2.54. The van der Waals surface area contributed by atoms with Gasteiger partial charge < -0.3 is 10.6 Å². The van der Waals surface area contributed by atoms with Crippen LogP contribution in [0.15, 0.2) is 18.2 Å². The number of thiazole rings is 1. The Morgan fingerprint density at radius 1 is 1.31 bits per heavy atom. The van der Waals surface area contributed by atoms with Gasteiger partial charge in [-0.25, -0.2) is 18.4 Å². The molecule has 0 saturated carbocycles. The maximum absolute atomic E-state index is 13.3. The fourth-order valence-corrected chi connectivity index (χ4v) is 4.91. The Balaban J connectivity index is 1.62. The van der Waals surface area contributed by atoms with Crippen LogP contribution in [0, 0.1) is 5.82 Å². The van der Waals surface area contributed by atoms with Crippen LogP contribution >= 0.6 is 46.7 Å². The molecule has 2 amide bonds. The number of hydrogen-bond acceptors (Lipinski definition) is 7. The van der Waals surface area contributed by atoms with Crippen LogP contribution in [-0.2, 0) is 22.3 Å². The zero-order valence-corrected chi connectivity index (χ0v) is 19.2. The number of nitrogens with one attached hydrogen (secondary N) is 3. The SMILES string of the molecule is CN1SNC(C(=O)NCc2sc(Cl)nc2C(F)(F)F)CC1C(=O)Nc1ccc(F)c(Cl)c1. The van der Waals surface area contributed by atoms with Crippen LogP contribution in [0.1, 0.15) is 17.0 Å². The number of carbonyl (C=O) groups is 2. The summed E-state index contributed by atoms with van der Waals surface area (Å²) < 4.78 is 56.5. The van der Waals surface area contributed by atoms with E-state index < -0.39 is 48.1 Å². The molecule has 2 unspecified atom stereocenters. The molecule has 1 fully saturated rings. The Morgan fingerprint density at radius 2 is 2.03 bits per heavy atom. The maximum atomic E-state index is 13.3. The van der Waals surface area contributed by atoms with Crippen molar-refractivity contribution >= 4 is 64.2 Å². The average Bonchev–Trinajstić information content (AvgIpc) is 3.10. The van der Waals surface area contributed by atoms with Gasteiger partial charge in [-0.3, -0.25) is 9.59 Å². The van der Waals surface area contributed by atoms with Crippen LogP contribution in [0.3, 0.4) is 0 Å². The summed E-state index contributed by atoms with van der Waals surface area (Å²) in [6.07, 6.45) is -4.66. The monoisotopic (exact) mass is 531 g/mol. The summed E-state index contributed by atoms with van der Waals surface area (Å²) in [7, 11) is 1.63. The zero-order chi connectivity index (χ0) is 23.6. The molecule has 0 radical (unpaired) electrons. The Hall–Kier alpha value is -1.64. The number of anilines is 1. The first-order valence-corrected chi connectivity index (χ1v) is 11.2. The van der Waals surface area contributed by atoms with Gasteiger partial charge >= 0.3 is 6.18 Å². The Kier molecular flexibility index (Phi) is 7.89. The molecule has 2 heterocycles. The smallest absolute Gasteiger partial charge is 0.350 e. The molecule has 3 N–H and O–H groups in total. The summed E-state index contributed by atoms with van der Waals surface area (Å²) in [4.78, 5) is 28.2. The number of halogens is 6. The van der Waals surface area contributed by atoms with E-state index in [0.29, 0.717) is 11.3 Å². The van der Waals surface area contributed by atoms with Crippen LogP contribution in [0.4, 0.5) is 23.2 Å². The third kappa shape index (κ3) is 6.02. The molecule has 2 aromatic rings. The third-order valence-electron chi connectivity index (χ3n) is 4.41. The van der Waals surface area contributed by atoms with E-state index in [1.54, 1.807) is 11.4 Å². The molecule has 0 aliphatic carbocycles. The van der Waals surface area contributed by atoms with Crippen LogP contribution in [-0.4, -0.2) is 40.2 Å². The zero-order valence-electron chi connectivity index (χ0n) is 16.1. The molecule has 2 atom stereocenters. The minimum Gasteiger partial charge on any atom is -0.350 e. The minimum absolute atomic E-state index is 0.0334. The van der Waals surface area contributed by atoms with Crippen LogP contribution < -0.4 is 15.4 Å². The van der Waals surface area contributed by atoms with E-state index >= 15 is 0 Å². The molecule has 1 aliphatic heterocycles. The molecule has 1 saturated heterocycles. The second-order valence-corrected chi connectivity index (χ2v) is 9.70. The molecular formula is C17H15Cl2F4N5O2S2. The Morgan fingerprint density at radius 3 is 2.69 bits per heavy atom. The van der Waals surface area contributed by atoms with Crippen molar-refractivity contribution in [2.24, 2.45) is 0 Å². The summed E-state index contributed by atoms with van der Waals surface area (Å²) in [6, 6.07) is 2.09.